The fourth-order valence-electron chi connectivity index (χ4n) is 1.41. The third-order valence-electron chi connectivity index (χ3n) is 2.29. The van der Waals surface area contributed by atoms with E-state index < -0.39 is 17.9 Å². The normalized spacial score (nSPS) is 11.7. The second-order valence-electron chi connectivity index (χ2n) is 3.57. The van der Waals surface area contributed by atoms with Crippen LogP contribution < -0.4 is 4.74 Å². The summed E-state index contributed by atoms with van der Waals surface area (Å²) >= 11 is 0. The molecule has 0 saturated carbocycles. The Morgan fingerprint density at radius 2 is 2.17 bits per heavy atom. The molecule has 0 spiro atoms. The molecule has 0 radical (unpaired) electrons. The molecular weight excluding hydrogens is 239 g/mol. The van der Waals surface area contributed by atoms with Crippen molar-refractivity contribution in [1.29, 1.82) is 0 Å². The van der Waals surface area contributed by atoms with E-state index in [-0.39, 0.29) is 17.9 Å². The number of benzene rings is 1. The van der Waals surface area contributed by atoms with Gasteiger partial charge in [-0.3, -0.25) is 4.79 Å². The van der Waals surface area contributed by atoms with Crippen molar-refractivity contribution >= 4 is 12.3 Å². The number of carbonyl (C=O) groups excluding carboxylic acids is 2. The van der Waals surface area contributed by atoms with E-state index in [9.17, 15) is 14.0 Å². The van der Waals surface area contributed by atoms with Gasteiger partial charge in [-0.2, -0.15) is 0 Å². The van der Waals surface area contributed by atoms with Gasteiger partial charge in [-0.05, 0) is 31.5 Å². The number of halogens is 1. The zero-order valence-electron chi connectivity index (χ0n) is 10.3. The van der Waals surface area contributed by atoms with Crippen LogP contribution in [0.1, 0.15) is 30.6 Å². The van der Waals surface area contributed by atoms with Crippen LogP contribution in [0.5, 0.6) is 5.75 Å². The number of carbonyl (C=O) groups is 2. The second-order valence-corrected chi connectivity index (χ2v) is 3.57. The van der Waals surface area contributed by atoms with Gasteiger partial charge >= 0.3 is 5.97 Å². The Labute approximate surface area is 105 Å². The van der Waals surface area contributed by atoms with Gasteiger partial charge in [0.15, 0.2) is 12.4 Å². The quantitative estimate of drug-likeness (QED) is 0.577. The first-order valence-electron chi connectivity index (χ1n) is 5.70. The molecule has 1 aromatic carbocycles. The summed E-state index contributed by atoms with van der Waals surface area (Å²) in [5, 5.41) is 0. The molecule has 0 amide bonds. The van der Waals surface area contributed by atoms with Gasteiger partial charge in [0.2, 0.25) is 0 Å². The average Bonchev–Trinajstić information content (AvgIpc) is 2.37. The maximum Gasteiger partial charge on any atom is 0.347 e. The third kappa shape index (κ3) is 3.55. The largest absolute Gasteiger partial charge is 0.478 e. The van der Waals surface area contributed by atoms with Gasteiger partial charge in [0, 0.05) is 0 Å². The summed E-state index contributed by atoms with van der Waals surface area (Å²) in [7, 11) is 0. The number of hydrogen-bond donors (Lipinski definition) is 0. The van der Waals surface area contributed by atoms with E-state index in [1.165, 1.54) is 12.1 Å². The van der Waals surface area contributed by atoms with Gasteiger partial charge in [-0.1, -0.05) is 6.92 Å². The van der Waals surface area contributed by atoms with Crippen molar-refractivity contribution in [2.24, 2.45) is 0 Å². The van der Waals surface area contributed by atoms with Crippen LogP contribution in [0.4, 0.5) is 4.39 Å². The van der Waals surface area contributed by atoms with E-state index >= 15 is 0 Å². The van der Waals surface area contributed by atoms with Crippen LogP contribution in [-0.4, -0.2) is 25.0 Å². The molecule has 1 atom stereocenters. The van der Waals surface area contributed by atoms with Crippen molar-refractivity contribution in [3.05, 3.63) is 29.6 Å². The molecule has 0 saturated heterocycles. The highest BCUT2D eigenvalue weighted by Crippen LogP contribution is 2.20. The van der Waals surface area contributed by atoms with Crippen LogP contribution in [0.25, 0.3) is 0 Å². The third-order valence-corrected chi connectivity index (χ3v) is 2.29. The summed E-state index contributed by atoms with van der Waals surface area (Å²) in [6.45, 7) is 3.70. The molecule has 1 unspecified atom stereocenters. The molecule has 0 heterocycles. The van der Waals surface area contributed by atoms with Crippen molar-refractivity contribution < 1.29 is 23.5 Å². The molecule has 5 heteroatoms. The van der Waals surface area contributed by atoms with Crippen LogP contribution in [0, 0.1) is 5.82 Å². The van der Waals surface area contributed by atoms with E-state index in [0.717, 1.165) is 6.07 Å². The van der Waals surface area contributed by atoms with Gasteiger partial charge in [0.25, 0.3) is 0 Å². The van der Waals surface area contributed by atoms with Crippen LogP contribution in [0.3, 0.4) is 0 Å². The van der Waals surface area contributed by atoms with Gasteiger partial charge in [0.1, 0.15) is 11.6 Å². The SMILES string of the molecule is CCOC(=O)C(CC)Oc1ccc(F)cc1C=O. The molecule has 0 fully saturated rings. The summed E-state index contributed by atoms with van der Waals surface area (Å²) in [5.74, 6) is -0.860. The molecule has 1 aromatic rings. The molecule has 98 valence electrons. The fraction of sp³-hybridized carbons (Fsp3) is 0.385. The Kier molecular flexibility index (Phi) is 5.30. The second kappa shape index (κ2) is 6.74. The van der Waals surface area contributed by atoms with Gasteiger partial charge in [-0.25, -0.2) is 9.18 Å². The Bertz CT molecular complexity index is 431. The molecule has 0 aliphatic rings. The van der Waals surface area contributed by atoms with Crippen molar-refractivity contribution in [3.8, 4) is 5.75 Å². The average molecular weight is 254 g/mol. The molecule has 0 N–H and O–H groups in total. The lowest BCUT2D eigenvalue weighted by molar-refractivity contribution is -0.151. The number of aldehydes is 1. The summed E-state index contributed by atoms with van der Waals surface area (Å²) in [6, 6.07) is 3.54. The van der Waals surface area contributed by atoms with E-state index in [1.807, 2.05) is 0 Å². The van der Waals surface area contributed by atoms with Crippen LogP contribution in [0.15, 0.2) is 18.2 Å². The van der Waals surface area contributed by atoms with E-state index in [0.29, 0.717) is 12.7 Å². The summed E-state index contributed by atoms with van der Waals surface area (Å²) in [5.41, 5.74) is 0.0674. The molecule has 0 bridgehead atoms. The van der Waals surface area contributed by atoms with Crippen LogP contribution >= 0.6 is 0 Å². The van der Waals surface area contributed by atoms with E-state index in [2.05, 4.69) is 0 Å². The van der Waals surface area contributed by atoms with Crippen molar-refractivity contribution in [2.45, 2.75) is 26.4 Å². The lowest BCUT2D eigenvalue weighted by atomic mass is 10.2. The number of rotatable bonds is 6. The van der Waals surface area contributed by atoms with Crippen molar-refractivity contribution in [3.63, 3.8) is 0 Å². The zero-order valence-corrected chi connectivity index (χ0v) is 10.3. The van der Waals surface area contributed by atoms with Crippen molar-refractivity contribution in [1.82, 2.24) is 0 Å². The molecule has 4 nitrogen and oxygen atoms in total. The summed E-state index contributed by atoms with van der Waals surface area (Å²) < 4.78 is 23.1. The number of ether oxygens (including phenoxy) is 2. The molecule has 0 aliphatic heterocycles. The standard InChI is InChI=1S/C13H15FO4/c1-3-11(13(16)17-4-2)18-12-6-5-10(14)7-9(12)8-15/h5-8,11H,3-4H2,1-2H3. The minimum atomic E-state index is -0.797. The zero-order chi connectivity index (χ0) is 13.5. The van der Waals surface area contributed by atoms with E-state index in [4.69, 9.17) is 9.47 Å². The summed E-state index contributed by atoms with van der Waals surface area (Å²) in [6.07, 6.45) is 0.0826. The van der Waals surface area contributed by atoms with Gasteiger partial charge in [0.05, 0.1) is 12.2 Å². The number of hydrogen-bond acceptors (Lipinski definition) is 4. The Morgan fingerprint density at radius 3 is 2.72 bits per heavy atom. The Morgan fingerprint density at radius 1 is 1.44 bits per heavy atom. The maximum absolute atomic E-state index is 12.9. The maximum atomic E-state index is 12.9. The smallest absolute Gasteiger partial charge is 0.347 e. The highest BCUT2D eigenvalue weighted by molar-refractivity contribution is 5.80. The Balaban J connectivity index is 2.87. The summed E-state index contributed by atoms with van der Waals surface area (Å²) in [4.78, 5) is 22.3. The van der Waals surface area contributed by atoms with E-state index in [1.54, 1.807) is 13.8 Å². The first-order chi connectivity index (χ1) is 8.62. The van der Waals surface area contributed by atoms with Gasteiger partial charge < -0.3 is 9.47 Å². The van der Waals surface area contributed by atoms with Crippen LogP contribution in [0.2, 0.25) is 0 Å². The molecule has 18 heavy (non-hydrogen) atoms. The van der Waals surface area contributed by atoms with Gasteiger partial charge in [-0.15, -0.1) is 0 Å². The highest BCUT2D eigenvalue weighted by Gasteiger charge is 2.20. The molecule has 0 aliphatic carbocycles. The first-order valence-corrected chi connectivity index (χ1v) is 5.70. The predicted molar refractivity (Wildman–Crippen MR) is 63.1 cm³/mol. The number of esters is 1. The lowest BCUT2D eigenvalue weighted by Gasteiger charge is -2.17. The topological polar surface area (TPSA) is 52.6 Å². The minimum Gasteiger partial charge on any atom is -0.478 e. The molecule has 0 aromatic heterocycles. The lowest BCUT2D eigenvalue weighted by Crippen LogP contribution is -2.29. The molecule has 1 rings (SSSR count). The van der Waals surface area contributed by atoms with Crippen LogP contribution in [-0.2, 0) is 9.53 Å². The monoisotopic (exact) mass is 254 g/mol. The Hall–Kier alpha value is -1.91. The van der Waals surface area contributed by atoms with Crippen molar-refractivity contribution in [2.75, 3.05) is 6.61 Å². The minimum absolute atomic E-state index is 0.0674. The first kappa shape index (κ1) is 14.2. The highest BCUT2D eigenvalue weighted by atomic mass is 19.1. The predicted octanol–water partition coefficient (Wildman–Crippen LogP) is 2.36. The molecular formula is C13H15FO4. The fourth-order valence-corrected chi connectivity index (χ4v) is 1.41.